The van der Waals surface area contributed by atoms with E-state index in [4.69, 9.17) is 14.8 Å². The molecule has 3 aliphatic heterocycles. The number of nitrogens with one attached hydrogen (secondary N) is 1. The molecule has 0 saturated carbocycles. The topological polar surface area (TPSA) is 131 Å². The Kier molecular flexibility index (Phi) is 7.26. The van der Waals surface area contributed by atoms with E-state index in [1.54, 1.807) is 17.6 Å². The van der Waals surface area contributed by atoms with E-state index in [1.165, 1.54) is 6.07 Å². The van der Waals surface area contributed by atoms with Gasteiger partial charge in [-0.1, -0.05) is 13.8 Å². The number of ether oxygens (including phenoxy) is 1. The highest BCUT2D eigenvalue weighted by atomic mass is 19.1. The number of carbonyl (C=O) groups is 2. The van der Waals surface area contributed by atoms with Crippen molar-refractivity contribution in [3.63, 3.8) is 0 Å². The molecule has 4 aliphatic rings. The van der Waals surface area contributed by atoms with Crippen molar-refractivity contribution in [2.45, 2.75) is 78.2 Å². The summed E-state index contributed by atoms with van der Waals surface area (Å²) in [6, 6.07) is 3.13. The van der Waals surface area contributed by atoms with Crippen LogP contribution >= 0.6 is 0 Å². The highest BCUT2D eigenvalue weighted by molar-refractivity contribution is 5.92. The Hall–Kier alpha value is -3.63. The van der Waals surface area contributed by atoms with Gasteiger partial charge in [0.25, 0.3) is 5.56 Å². The summed E-state index contributed by atoms with van der Waals surface area (Å²) in [5.74, 6) is -1.26. The molecule has 0 bridgehead atoms. The van der Waals surface area contributed by atoms with Crippen molar-refractivity contribution in [2.24, 2.45) is 0 Å². The number of halogens is 1. The maximum absolute atomic E-state index is 14.5. The van der Waals surface area contributed by atoms with E-state index in [0.717, 1.165) is 54.3 Å². The number of hydrogen-bond donors (Lipinski definition) is 3. The number of aromatic nitrogens is 2. The Morgan fingerprint density at radius 2 is 1.79 bits per heavy atom. The molecule has 2 unspecified atom stereocenters. The van der Waals surface area contributed by atoms with E-state index >= 15 is 0 Å². The van der Waals surface area contributed by atoms with Gasteiger partial charge in [0.05, 0.1) is 29.0 Å². The van der Waals surface area contributed by atoms with Gasteiger partial charge in [-0.25, -0.2) is 14.2 Å². The summed E-state index contributed by atoms with van der Waals surface area (Å²) < 4.78 is 21.1. The van der Waals surface area contributed by atoms with Crippen molar-refractivity contribution in [2.75, 3.05) is 6.54 Å². The van der Waals surface area contributed by atoms with Gasteiger partial charge in [-0.15, -0.1) is 0 Å². The summed E-state index contributed by atoms with van der Waals surface area (Å²) in [5, 5.41) is 22.5. The molecular formula is C29H32FN3O6. The number of nitrogens with zero attached hydrogens (tertiary/aromatic N) is 2. The molecule has 1 amide bonds. The summed E-state index contributed by atoms with van der Waals surface area (Å²) in [5.41, 5.74) is 5.86. The molecule has 5 heterocycles. The quantitative estimate of drug-likeness (QED) is 0.294. The number of aliphatic hydroxyl groups excluding tert-OH is 2. The summed E-state index contributed by atoms with van der Waals surface area (Å²) in [6.45, 7) is 6.76. The number of cyclic esters (lactones) is 1. The van der Waals surface area contributed by atoms with Crippen LogP contribution in [0.2, 0.25) is 0 Å². The standard InChI is InChI=1S/C22H17FN2O4.C5H9NO2.C2H6/c1-9-10-3-2-4-11-13-7-25-17(19(13)24-16(18(10)11)6-15(9)23)5-12-14(21(25)27)8-29-22(28)20(12)26;7-4-2-1-3-6-5(4)8;1-2/h5-6,20,26H,2-4,7-8H2,1H3;4,7H,1-3H2,(H,6,8);1-2H3. The first-order valence-corrected chi connectivity index (χ1v) is 13.5. The van der Waals surface area contributed by atoms with Crippen LogP contribution in [-0.4, -0.2) is 44.3 Å². The van der Waals surface area contributed by atoms with Gasteiger partial charge in [-0.3, -0.25) is 9.59 Å². The lowest BCUT2D eigenvalue weighted by molar-refractivity contribution is -0.157. The highest BCUT2D eigenvalue weighted by Gasteiger charge is 2.35. The van der Waals surface area contributed by atoms with Crippen LogP contribution < -0.4 is 10.9 Å². The summed E-state index contributed by atoms with van der Waals surface area (Å²) in [4.78, 5) is 40.0. The van der Waals surface area contributed by atoms with E-state index in [0.29, 0.717) is 41.0 Å². The summed E-state index contributed by atoms with van der Waals surface area (Å²) >= 11 is 0. The number of hydrogen-bond acceptors (Lipinski definition) is 7. The van der Waals surface area contributed by atoms with Gasteiger partial charge < -0.3 is 24.8 Å². The predicted molar refractivity (Wildman–Crippen MR) is 142 cm³/mol. The number of amides is 1. The second-order valence-corrected chi connectivity index (χ2v) is 9.94. The highest BCUT2D eigenvalue weighted by Crippen LogP contribution is 2.41. The number of piperidine rings is 1. The second-order valence-electron chi connectivity index (χ2n) is 9.94. The number of pyridine rings is 2. The maximum atomic E-state index is 14.5. The molecule has 3 aromatic rings. The zero-order chi connectivity index (χ0) is 28.0. The second kappa shape index (κ2) is 10.5. The molecule has 1 aromatic carbocycles. The minimum atomic E-state index is -1.48. The van der Waals surface area contributed by atoms with Crippen LogP contribution in [0.5, 0.6) is 0 Å². The lowest BCUT2D eigenvalue weighted by Gasteiger charge is -2.22. The Labute approximate surface area is 224 Å². The molecule has 206 valence electrons. The smallest absolute Gasteiger partial charge is 0.340 e. The number of aryl methyl sites for hydroxylation is 2. The third kappa shape index (κ3) is 4.41. The van der Waals surface area contributed by atoms with Gasteiger partial charge in [-0.2, -0.15) is 0 Å². The van der Waals surface area contributed by atoms with Gasteiger partial charge in [0, 0.05) is 29.1 Å². The summed E-state index contributed by atoms with van der Waals surface area (Å²) in [6.07, 6.45) is 1.88. The van der Waals surface area contributed by atoms with Crippen LogP contribution in [0.3, 0.4) is 0 Å². The molecule has 1 saturated heterocycles. The Morgan fingerprint density at radius 3 is 2.49 bits per heavy atom. The Balaban J connectivity index is 0.000000264. The molecular weight excluding hydrogens is 505 g/mol. The summed E-state index contributed by atoms with van der Waals surface area (Å²) in [7, 11) is 0. The van der Waals surface area contributed by atoms with E-state index < -0.39 is 18.2 Å². The minimum Gasteiger partial charge on any atom is -0.458 e. The molecule has 10 heteroatoms. The average molecular weight is 538 g/mol. The van der Waals surface area contributed by atoms with Gasteiger partial charge in [-0.05, 0) is 61.8 Å². The van der Waals surface area contributed by atoms with Crippen LogP contribution in [-0.2, 0) is 40.3 Å². The normalized spacial score (nSPS) is 20.4. The van der Waals surface area contributed by atoms with Gasteiger partial charge >= 0.3 is 5.97 Å². The van der Waals surface area contributed by atoms with Gasteiger partial charge in [0.15, 0.2) is 6.10 Å². The van der Waals surface area contributed by atoms with E-state index in [-0.39, 0.29) is 29.5 Å². The molecule has 2 aromatic heterocycles. The number of esters is 1. The number of fused-ring (bicyclic) bond motifs is 5. The van der Waals surface area contributed by atoms with Crippen LogP contribution in [0.25, 0.3) is 22.3 Å². The van der Waals surface area contributed by atoms with Crippen LogP contribution in [0.15, 0.2) is 16.9 Å². The predicted octanol–water partition coefficient (Wildman–Crippen LogP) is 2.74. The molecule has 0 spiro atoms. The maximum Gasteiger partial charge on any atom is 0.340 e. The van der Waals surface area contributed by atoms with Crippen LogP contribution in [0, 0.1) is 12.7 Å². The Morgan fingerprint density at radius 1 is 1.05 bits per heavy atom. The SMILES string of the molecule is CC.Cc1c(F)cc2nc3c(c4c2c1CCC4)Cn1c-3cc2c(c1=O)COC(=O)C2O.O=C1NCCCC1O. The average Bonchev–Trinajstić information content (AvgIpc) is 3.32. The lowest BCUT2D eigenvalue weighted by Crippen LogP contribution is -2.39. The minimum absolute atomic E-state index is 0.141. The monoisotopic (exact) mass is 537 g/mol. The molecule has 0 radical (unpaired) electrons. The number of aliphatic hydroxyl groups is 2. The number of carbonyl (C=O) groups excluding carboxylic acids is 2. The third-order valence-electron chi connectivity index (χ3n) is 7.80. The van der Waals surface area contributed by atoms with Crippen molar-refractivity contribution < 1.29 is 28.9 Å². The van der Waals surface area contributed by atoms with Gasteiger partial charge in [0.2, 0.25) is 5.91 Å². The third-order valence-corrected chi connectivity index (χ3v) is 7.80. The molecule has 9 nitrogen and oxygen atoms in total. The molecule has 3 N–H and O–H groups in total. The first-order valence-electron chi connectivity index (χ1n) is 13.5. The number of rotatable bonds is 0. The molecule has 7 rings (SSSR count). The molecule has 2 atom stereocenters. The zero-order valence-electron chi connectivity index (χ0n) is 22.3. The van der Waals surface area contributed by atoms with Crippen molar-refractivity contribution >= 4 is 22.8 Å². The largest absolute Gasteiger partial charge is 0.458 e. The lowest BCUT2D eigenvalue weighted by atomic mass is 9.85. The van der Waals surface area contributed by atoms with Crippen molar-refractivity contribution in [3.05, 3.63) is 61.7 Å². The van der Waals surface area contributed by atoms with Crippen molar-refractivity contribution in [1.29, 1.82) is 0 Å². The first-order chi connectivity index (χ1) is 18.8. The van der Waals surface area contributed by atoms with Gasteiger partial charge in [0.1, 0.15) is 18.5 Å². The zero-order valence-corrected chi connectivity index (χ0v) is 22.3. The molecule has 1 aliphatic carbocycles. The van der Waals surface area contributed by atoms with E-state index in [2.05, 4.69) is 5.32 Å². The fourth-order valence-electron chi connectivity index (χ4n) is 5.82. The number of benzene rings is 1. The van der Waals surface area contributed by atoms with Crippen LogP contribution in [0.4, 0.5) is 4.39 Å². The Bertz CT molecular complexity index is 1560. The van der Waals surface area contributed by atoms with E-state index in [9.17, 15) is 23.9 Å². The van der Waals surface area contributed by atoms with Crippen LogP contribution in [0.1, 0.15) is 72.6 Å². The fourth-order valence-corrected chi connectivity index (χ4v) is 5.82. The molecule has 1 fully saturated rings. The fraction of sp³-hybridized carbons (Fsp3) is 0.448. The van der Waals surface area contributed by atoms with Crippen molar-refractivity contribution in [1.82, 2.24) is 14.9 Å². The molecule has 39 heavy (non-hydrogen) atoms. The first kappa shape index (κ1) is 27.0. The van der Waals surface area contributed by atoms with E-state index in [1.807, 2.05) is 13.8 Å². The van der Waals surface area contributed by atoms with Crippen molar-refractivity contribution in [3.8, 4) is 11.4 Å².